The summed E-state index contributed by atoms with van der Waals surface area (Å²) in [6, 6.07) is 18.6. The second kappa shape index (κ2) is 13.7. The number of ether oxygens (including phenoxy) is 1. The van der Waals surface area contributed by atoms with Crippen molar-refractivity contribution in [3.05, 3.63) is 71.3 Å². The highest BCUT2D eigenvalue weighted by atomic mass is 127. The summed E-state index contributed by atoms with van der Waals surface area (Å²) in [5.41, 5.74) is 3.76. The Labute approximate surface area is 220 Å². The van der Waals surface area contributed by atoms with Crippen LogP contribution < -0.4 is 5.32 Å². The molecule has 1 atom stereocenters. The SMILES string of the molecule is CCNC(=NCCCC(=O)N1Cc2ccccc2C1)N1CCC(COCc2ccccc2)C1.I. The molecule has 2 aliphatic heterocycles. The van der Waals surface area contributed by atoms with Crippen LogP contribution >= 0.6 is 24.0 Å². The Kier molecular flexibility index (Phi) is 10.7. The minimum atomic E-state index is 0. The van der Waals surface area contributed by atoms with E-state index in [1.807, 2.05) is 35.2 Å². The van der Waals surface area contributed by atoms with Crippen LogP contribution in [0.15, 0.2) is 59.6 Å². The zero-order valence-corrected chi connectivity index (χ0v) is 22.4. The maximum absolute atomic E-state index is 12.6. The maximum atomic E-state index is 12.6. The number of benzene rings is 2. The van der Waals surface area contributed by atoms with Crippen molar-refractivity contribution in [1.29, 1.82) is 0 Å². The van der Waals surface area contributed by atoms with E-state index >= 15 is 0 Å². The van der Waals surface area contributed by atoms with Crippen molar-refractivity contribution in [3.8, 4) is 0 Å². The Balaban J connectivity index is 0.00000324. The number of halogens is 1. The number of amides is 1. The fraction of sp³-hybridized carbons (Fsp3) is 0.481. The van der Waals surface area contributed by atoms with E-state index in [1.165, 1.54) is 16.7 Å². The molecule has 0 saturated carbocycles. The van der Waals surface area contributed by atoms with Gasteiger partial charge in [-0.05, 0) is 36.5 Å². The van der Waals surface area contributed by atoms with Crippen LogP contribution in [0.3, 0.4) is 0 Å². The first kappa shape index (κ1) is 26.5. The number of fused-ring (bicyclic) bond motifs is 1. The van der Waals surface area contributed by atoms with Crippen molar-refractivity contribution in [3.63, 3.8) is 0 Å². The molecular formula is C27H37IN4O2. The van der Waals surface area contributed by atoms with Gasteiger partial charge in [-0.15, -0.1) is 24.0 Å². The third-order valence-corrected chi connectivity index (χ3v) is 6.39. The Morgan fingerprint density at radius 3 is 2.47 bits per heavy atom. The van der Waals surface area contributed by atoms with Crippen LogP contribution in [0.1, 0.15) is 42.9 Å². The largest absolute Gasteiger partial charge is 0.376 e. The van der Waals surface area contributed by atoms with E-state index in [0.717, 1.165) is 58.1 Å². The number of hydrogen-bond donors (Lipinski definition) is 1. The van der Waals surface area contributed by atoms with Crippen molar-refractivity contribution < 1.29 is 9.53 Å². The van der Waals surface area contributed by atoms with Gasteiger partial charge in [-0.1, -0.05) is 54.6 Å². The molecule has 1 amide bonds. The molecule has 4 rings (SSSR count). The van der Waals surface area contributed by atoms with Crippen LogP contribution in [0, 0.1) is 5.92 Å². The lowest BCUT2D eigenvalue weighted by atomic mass is 10.1. The van der Waals surface area contributed by atoms with Gasteiger partial charge in [0.1, 0.15) is 0 Å². The van der Waals surface area contributed by atoms with Gasteiger partial charge in [0.15, 0.2) is 5.96 Å². The van der Waals surface area contributed by atoms with Gasteiger partial charge >= 0.3 is 0 Å². The zero-order chi connectivity index (χ0) is 22.9. The highest BCUT2D eigenvalue weighted by molar-refractivity contribution is 14.0. The van der Waals surface area contributed by atoms with Crippen LogP contribution in [-0.4, -0.2) is 54.5 Å². The van der Waals surface area contributed by atoms with Gasteiger partial charge in [-0.3, -0.25) is 9.79 Å². The number of nitrogens with one attached hydrogen (secondary N) is 1. The molecule has 1 saturated heterocycles. The van der Waals surface area contributed by atoms with Crippen LogP contribution in [0.25, 0.3) is 0 Å². The summed E-state index contributed by atoms with van der Waals surface area (Å²) in [6.45, 7) is 8.49. The number of hydrogen-bond acceptors (Lipinski definition) is 3. The number of nitrogens with zero attached hydrogens (tertiary/aromatic N) is 3. The number of likely N-dealkylation sites (tertiary alicyclic amines) is 1. The molecule has 1 unspecified atom stereocenters. The van der Waals surface area contributed by atoms with Gasteiger partial charge in [0, 0.05) is 51.6 Å². The van der Waals surface area contributed by atoms with E-state index in [-0.39, 0.29) is 29.9 Å². The number of carbonyl (C=O) groups excluding carboxylic acids is 1. The molecular weight excluding hydrogens is 539 g/mol. The number of guanidine groups is 1. The van der Waals surface area contributed by atoms with E-state index in [4.69, 9.17) is 9.73 Å². The first-order chi connectivity index (χ1) is 16.2. The van der Waals surface area contributed by atoms with Crippen molar-refractivity contribution in [2.45, 2.75) is 45.9 Å². The standard InChI is InChI=1S/C27H36N4O2.HI/c1-2-28-27(30-16-14-23(17-30)21-33-20-22-9-4-3-5-10-22)29-15-8-13-26(32)31-18-24-11-6-7-12-25(24)19-31;/h3-7,9-12,23H,2,8,13-21H2,1H3,(H,28,29);1H. The van der Waals surface area contributed by atoms with E-state index in [9.17, 15) is 4.79 Å². The lowest BCUT2D eigenvalue weighted by Crippen LogP contribution is -2.40. The molecule has 7 heteroatoms. The lowest BCUT2D eigenvalue weighted by Gasteiger charge is -2.22. The first-order valence-electron chi connectivity index (χ1n) is 12.2. The average molecular weight is 577 g/mol. The summed E-state index contributed by atoms with van der Waals surface area (Å²) in [5.74, 6) is 1.71. The second-order valence-corrected chi connectivity index (χ2v) is 8.96. The summed E-state index contributed by atoms with van der Waals surface area (Å²) in [5, 5.41) is 3.42. The Bertz CT molecular complexity index is 912. The molecule has 184 valence electrons. The van der Waals surface area contributed by atoms with Crippen molar-refractivity contribution in [1.82, 2.24) is 15.1 Å². The van der Waals surface area contributed by atoms with Crippen LogP contribution in [-0.2, 0) is 29.2 Å². The van der Waals surface area contributed by atoms with Gasteiger partial charge in [-0.2, -0.15) is 0 Å². The lowest BCUT2D eigenvalue weighted by molar-refractivity contribution is -0.131. The van der Waals surface area contributed by atoms with E-state index in [2.05, 4.69) is 41.4 Å². The number of rotatable bonds is 9. The highest BCUT2D eigenvalue weighted by Gasteiger charge is 2.25. The fourth-order valence-electron chi connectivity index (χ4n) is 4.59. The number of aliphatic imine (C=N–C) groups is 1. The molecule has 2 aliphatic rings. The smallest absolute Gasteiger partial charge is 0.223 e. The van der Waals surface area contributed by atoms with Crippen LogP contribution in [0.2, 0.25) is 0 Å². The normalized spacial score (nSPS) is 17.4. The summed E-state index contributed by atoms with van der Waals surface area (Å²) >= 11 is 0. The molecule has 1 N–H and O–H groups in total. The summed E-state index contributed by atoms with van der Waals surface area (Å²) < 4.78 is 5.96. The minimum absolute atomic E-state index is 0. The van der Waals surface area contributed by atoms with Crippen molar-refractivity contribution in [2.24, 2.45) is 10.9 Å². The second-order valence-electron chi connectivity index (χ2n) is 8.96. The third kappa shape index (κ3) is 7.43. The molecule has 2 aromatic carbocycles. The monoisotopic (exact) mass is 576 g/mol. The van der Waals surface area contributed by atoms with Gasteiger partial charge < -0.3 is 19.9 Å². The molecule has 1 fully saturated rings. The number of carbonyl (C=O) groups is 1. The summed E-state index contributed by atoms with van der Waals surface area (Å²) in [6.07, 6.45) is 2.44. The molecule has 0 spiro atoms. The molecule has 0 bridgehead atoms. The highest BCUT2D eigenvalue weighted by Crippen LogP contribution is 2.23. The molecule has 0 aliphatic carbocycles. The van der Waals surface area contributed by atoms with Crippen molar-refractivity contribution in [2.75, 3.05) is 32.8 Å². The minimum Gasteiger partial charge on any atom is -0.376 e. The van der Waals surface area contributed by atoms with Gasteiger partial charge in [-0.25, -0.2) is 0 Å². The average Bonchev–Trinajstić information content (AvgIpc) is 3.49. The quantitative estimate of drug-likeness (QED) is 0.208. The predicted molar refractivity (Wildman–Crippen MR) is 147 cm³/mol. The van der Waals surface area contributed by atoms with Gasteiger partial charge in [0.25, 0.3) is 0 Å². The molecule has 0 radical (unpaired) electrons. The predicted octanol–water partition coefficient (Wildman–Crippen LogP) is 4.43. The molecule has 6 nitrogen and oxygen atoms in total. The first-order valence-corrected chi connectivity index (χ1v) is 12.2. The zero-order valence-electron chi connectivity index (χ0n) is 20.1. The molecule has 2 heterocycles. The Morgan fingerprint density at radius 2 is 1.76 bits per heavy atom. The Morgan fingerprint density at radius 1 is 1.06 bits per heavy atom. The fourth-order valence-corrected chi connectivity index (χ4v) is 4.59. The Hall–Kier alpha value is -2.13. The van der Waals surface area contributed by atoms with Crippen molar-refractivity contribution >= 4 is 35.8 Å². The van der Waals surface area contributed by atoms with Gasteiger partial charge in [0.05, 0.1) is 13.2 Å². The maximum Gasteiger partial charge on any atom is 0.223 e. The van der Waals surface area contributed by atoms with Crippen LogP contribution in [0.4, 0.5) is 0 Å². The van der Waals surface area contributed by atoms with Crippen LogP contribution in [0.5, 0.6) is 0 Å². The van der Waals surface area contributed by atoms with E-state index < -0.39 is 0 Å². The molecule has 2 aromatic rings. The summed E-state index contributed by atoms with van der Waals surface area (Å²) in [4.78, 5) is 21.7. The third-order valence-electron chi connectivity index (χ3n) is 6.39. The van der Waals surface area contributed by atoms with Gasteiger partial charge in [0.2, 0.25) is 5.91 Å². The molecule has 0 aromatic heterocycles. The molecule has 34 heavy (non-hydrogen) atoms. The van der Waals surface area contributed by atoms with E-state index in [1.54, 1.807) is 0 Å². The summed E-state index contributed by atoms with van der Waals surface area (Å²) in [7, 11) is 0. The van der Waals surface area contributed by atoms with E-state index in [0.29, 0.717) is 25.5 Å². The topological polar surface area (TPSA) is 57.2 Å².